The van der Waals surface area contributed by atoms with E-state index < -0.39 is 5.79 Å². The number of nitrogens with two attached hydrogens (primary N) is 2. The van der Waals surface area contributed by atoms with Gasteiger partial charge in [-0.1, -0.05) is 18.2 Å². The first-order chi connectivity index (χ1) is 16.4. The summed E-state index contributed by atoms with van der Waals surface area (Å²) in [6, 6.07) is 10.5. The first kappa shape index (κ1) is 21.3. The number of nitrogens with zero attached hydrogens (tertiary/aromatic N) is 4. The highest BCUT2D eigenvalue weighted by Gasteiger charge is 2.54. The van der Waals surface area contributed by atoms with Gasteiger partial charge in [-0.2, -0.15) is 0 Å². The Labute approximate surface area is 198 Å². The van der Waals surface area contributed by atoms with E-state index in [1.54, 1.807) is 0 Å². The lowest BCUT2D eigenvalue weighted by atomic mass is 9.94. The van der Waals surface area contributed by atoms with Gasteiger partial charge in [-0.15, -0.1) is 0 Å². The molecule has 0 radical (unpaired) electrons. The van der Waals surface area contributed by atoms with Gasteiger partial charge in [0.1, 0.15) is 29.7 Å². The van der Waals surface area contributed by atoms with Crippen molar-refractivity contribution in [1.29, 1.82) is 0 Å². The maximum atomic E-state index is 6.42. The monoisotopic (exact) mass is 458 g/mol. The van der Waals surface area contributed by atoms with Crippen LogP contribution in [-0.4, -0.2) is 37.5 Å². The average molecular weight is 459 g/mol. The van der Waals surface area contributed by atoms with Crippen molar-refractivity contribution in [2.45, 2.75) is 63.6 Å². The summed E-state index contributed by atoms with van der Waals surface area (Å²) in [7, 11) is 0. The van der Waals surface area contributed by atoms with Crippen molar-refractivity contribution in [2.24, 2.45) is 5.92 Å². The van der Waals surface area contributed by atoms with Crippen molar-refractivity contribution in [1.82, 2.24) is 19.5 Å². The molecule has 8 nitrogen and oxygen atoms in total. The zero-order valence-corrected chi connectivity index (χ0v) is 19.5. The Balaban J connectivity index is 1.23. The molecule has 1 saturated heterocycles. The molecule has 6 rings (SSSR count). The standard InChI is InChI=1S/C26H30N6O2/c1-26(2)33-22-17(8-4-6-15-5-3-7-16-12-21(27)29-13-19(15)16)11-20(23(22)34-26)32-10-9-18-24(28)30-14-31-25(18)32/h3,5,7,9-10,12-14,17,20,22-23H,4,6,8,11H2,1-2H3,(H2,27,29)(H2,28,30,31)/t17-,20+,22+,23-/m0/s1. The van der Waals surface area contributed by atoms with Gasteiger partial charge >= 0.3 is 0 Å². The van der Waals surface area contributed by atoms with Gasteiger partial charge in [0.05, 0.1) is 17.5 Å². The fraction of sp³-hybridized carbons (Fsp3) is 0.423. The fourth-order valence-electron chi connectivity index (χ4n) is 5.89. The number of ether oxygens (including phenoxy) is 2. The predicted octanol–water partition coefficient (Wildman–Crippen LogP) is 4.25. The molecule has 2 aliphatic rings. The second kappa shape index (κ2) is 7.92. The highest BCUT2D eigenvalue weighted by molar-refractivity contribution is 5.87. The molecule has 2 fully saturated rings. The van der Waals surface area contributed by atoms with E-state index in [-0.39, 0.29) is 18.2 Å². The van der Waals surface area contributed by atoms with Gasteiger partial charge in [-0.05, 0) is 68.5 Å². The van der Waals surface area contributed by atoms with Gasteiger partial charge in [-0.3, -0.25) is 0 Å². The van der Waals surface area contributed by atoms with Gasteiger partial charge in [0, 0.05) is 17.8 Å². The Morgan fingerprint density at radius 1 is 1.06 bits per heavy atom. The third-order valence-electron chi connectivity index (χ3n) is 7.35. The summed E-state index contributed by atoms with van der Waals surface area (Å²) in [5, 5.41) is 3.20. The molecule has 4 atom stereocenters. The number of benzene rings is 1. The van der Waals surface area contributed by atoms with Gasteiger partial charge in [0.2, 0.25) is 0 Å². The molecule has 4 N–H and O–H groups in total. The van der Waals surface area contributed by atoms with Gasteiger partial charge in [0.25, 0.3) is 0 Å². The molecule has 0 spiro atoms. The van der Waals surface area contributed by atoms with Crippen LogP contribution in [0.25, 0.3) is 21.8 Å². The van der Waals surface area contributed by atoms with Crippen molar-refractivity contribution < 1.29 is 9.47 Å². The second-order valence-corrected chi connectivity index (χ2v) is 9.99. The van der Waals surface area contributed by atoms with E-state index in [1.807, 2.05) is 32.2 Å². The van der Waals surface area contributed by atoms with E-state index >= 15 is 0 Å². The van der Waals surface area contributed by atoms with Crippen molar-refractivity contribution in [3.05, 3.63) is 54.6 Å². The van der Waals surface area contributed by atoms with Crippen molar-refractivity contribution >= 4 is 33.4 Å². The number of aromatic nitrogens is 4. The summed E-state index contributed by atoms with van der Waals surface area (Å²) >= 11 is 0. The zero-order chi connectivity index (χ0) is 23.4. The largest absolute Gasteiger partial charge is 0.384 e. The van der Waals surface area contributed by atoms with Crippen LogP contribution in [0.5, 0.6) is 0 Å². The molecule has 0 amide bonds. The van der Waals surface area contributed by atoms with Crippen LogP contribution < -0.4 is 11.5 Å². The van der Waals surface area contributed by atoms with Crippen molar-refractivity contribution in [3.63, 3.8) is 0 Å². The summed E-state index contributed by atoms with van der Waals surface area (Å²) in [5.41, 5.74) is 14.1. The highest BCUT2D eigenvalue weighted by Crippen LogP contribution is 2.49. The Hall–Kier alpha value is -3.23. The lowest BCUT2D eigenvalue weighted by molar-refractivity contribution is -0.160. The number of aryl methyl sites for hydroxylation is 1. The number of hydrogen-bond acceptors (Lipinski definition) is 7. The first-order valence-electron chi connectivity index (χ1n) is 12.0. The summed E-state index contributed by atoms with van der Waals surface area (Å²) in [6.45, 7) is 4.00. The quantitative estimate of drug-likeness (QED) is 0.459. The van der Waals surface area contributed by atoms with Crippen LogP contribution >= 0.6 is 0 Å². The molecule has 1 saturated carbocycles. The van der Waals surface area contributed by atoms with Gasteiger partial charge in [0.15, 0.2) is 5.79 Å². The lowest BCUT2D eigenvalue weighted by Gasteiger charge is -2.24. The predicted molar refractivity (Wildman–Crippen MR) is 132 cm³/mol. The van der Waals surface area contributed by atoms with Crippen LogP contribution in [0.1, 0.15) is 44.7 Å². The average Bonchev–Trinajstić information content (AvgIpc) is 3.45. The Morgan fingerprint density at radius 2 is 1.91 bits per heavy atom. The second-order valence-electron chi connectivity index (χ2n) is 9.99. The molecule has 1 aliphatic carbocycles. The minimum atomic E-state index is -0.593. The Bertz CT molecular complexity index is 1370. The maximum absolute atomic E-state index is 6.42. The maximum Gasteiger partial charge on any atom is 0.163 e. The van der Waals surface area contributed by atoms with E-state index in [0.29, 0.717) is 17.6 Å². The van der Waals surface area contributed by atoms with E-state index in [4.69, 9.17) is 20.9 Å². The third-order valence-corrected chi connectivity index (χ3v) is 7.35. The van der Waals surface area contributed by atoms with Gasteiger partial charge < -0.3 is 25.5 Å². The molecule has 1 aromatic carbocycles. The lowest BCUT2D eigenvalue weighted by Crippen LogP contribution is -2.27. The third kappa shape index (κ3) is 3.58. The Kier molecular flexibility index (Phi) is 4.97. The molecule has 0 unspecified atom stereocenters. The van der Waals surface area contributed by atoms with E-state index in [0.717, 1.165) is 42.1 Å². The topological polar surface area (TPSA) is 114 Å². The SMILES string of the molecule is CC1(C)O[C@@H]2[C@@H](CCCc3cccc4cc(N)ncc34)C[C@@H](n3ccc4c(N)ncnc43)[C@@H]2O1. The molecule has 4 heterocycles. The molecule has 8 heteroatoms. The number of pyridine rings is 1. The van der Waals surface area contributed by atoms with Crippen LogP contribution in [0.3, 0.4) is 0 Å². The molecule has 1 aliphatic heterocycles. The van der Waals surface area contributed by atoms with Crippen LogP contribution in [0.2, 0.25) is 0 Å². The minimum Gasteiger partial charge on any atom is -0.384 e. The summed E-state index contributed by atoms with van der Waals surface area (Å²) in [5.74, 6) is 0.866. The normalized spacial score (nSPS) is 25.8. The molecule has 176 valence electrons. The minimum absolute atomic E-state index is 0.0171. The summed E-state index contributed by atoms with van der Waals surface area (Å²) in [4.78, 5) is 13.0. The fourth-order valence-corrected chi connectivity index (χ4v) is 5.89. The van der Waals surface area contributed by atoms with Crippen LogP contribution in [-0.2, 0) is 15.9 Å². The Morgan fingerprint density at radius 3 is 2.79 bits per heavy atom. The number of fused-ring (bicyclic) bond motifs is 3. The number of rotatable bonds is 5. The first-order valence-corrected chi connectivity index (χ1v) is 12.0. The van der Waals surface area contributed by atoms with E-state index in [1.165, 1.54) is 17.3 Å². The van der Waals surface area contributed by atoms with E-state index in [9.17, 15) is 0 Å². The molecular weight excluding hydrogens is 428 g/mol. The molecule has 3 aromatic heterocycles. The highest BCUT2D eigenvalue weighted by atomic mass is 16.8. The summed E-state index contributed by atoms with van der Waals surface area (Å²) < 4.78 is 15.0. The molecule has 4 aromatic rings. The van der Waals surface area contributed by atoms with Crippen LogP contribution in [0.15, 0.2) is 49.1 Å². The molecule has 34 heavy (non-hydrogen) atoms. The van der Waals surface area contributed by atoms with Crippen molar-refractivity contribution in [2.75, 3.05) is 11.5 Å². The number of anilines is 2. The zero-order valence-electron chi connectivity index (χ0n) is 19.5. The number of nitrogen functional groups attached to an aromatic ring is 2. The van der Waals surface area contributed by atoms with E-state index in [2.05, 4.69) is 43.9 Å². The molecule has 0 bridgehead atoms. The number of hydrogen-bond donors (Lipinski definition) is 2. The summed E-state index contributed by atoms with van der Waals surface area (Å²) in [6.07, 6.45) is 9.62. The molecular formula is C26H30N6O2. The van der Waals surface area contributed by atoms with Crippen molar-refractivity contribution in [3.8, 4) is 0 Å². The smallest absolute Gasteiger partial charge is 0.163 e. The van der Waals surface area contributed by atoms with Crippen LogP contribution in [0.4, 0.5) is 11.6 Å². The van der Waals surface area contributed by atoms with Crippen LogP contribution in [0, 0.1) is 5.92 Å². The van der Waals surface area contributed by atoms with Gasteiger partial charge in [-0.25, -0.2) is 15.0 Å².